The van der Waals surface area contributed by atoms with Crippen molar-refractivity contribution in [2.45, 2.75) is 13.0 Å². The number of nitrogens with one attached hydrogen (secondary N) is 1. The van der Waals surface area contributed by atoms with Crippen LogP contribution in [-0.2, 0) is 0 Å². The minimum Gasteiger partial charge on any atom is -0.312 e. The second-order valence-corrected chi connectivity index (χ2v) is 3.33. The van der Waals surface area contributed by atoms with E-state index in [1.54, 1.807) is 0 Å². The standard InChI is InChI=1S/C8H11BrN2/c1-6(10-2)8-4-3-7(9)5-11-8/h3-6,10H,1-2H3/t6-/m1/s1. The minimum atomic E-state index is 0.322. The van der Waals surface area contributed by atoms with Crippen LogP contribution in [0, 0.1) is 0 Å². The average molecular weight is 215 g/mol. The molecular formula is C8H11BrN2. The minimum absolute atomic E-state index is 0.322. The smallest absolute Gasteiger partial charge is 0.0571 e. The van der Waals surface area contributed by atoms with E-state index >= 15 is 0 Å². The molecule has 11 heavy (non-hydrogen) atoms. The van der Waals surface area contributed by atoms with Crippen LogP contribution in [0.3, 0.4) is 0 Å². The SMILES string of the molecule is CN[C@H](C)c1ccc(Br)cn1. The van der Waals surface area contributed by atoms with E-state index in [0.717, 1.165) is 10.2 Å². The molecule has 0 aliphatic rings. The van der Waals surface area contributed by atoms with Crippen molar-refractivity contribution < 1.29 is 0 Å². The van der Waals surface area contributed by atoms with Crippen molar-refractivity contribution in [2.75, 3.05) is 7.05 Å². The second kappa shape index (κ2) is 3.83. The molecule has 2 nitrogen and oxygen atoms in total. The highest BCUT2D eigenvalue weighted by molar-refractivity contribution is 9.10. The van der Waals surface area contributed by atoms with Crippen molar-refractivity contribution >= 4 is 15.9 Å². The fraction of sp³-hybridized carbons (Fsp3) is 0.375. The molecule has 3 heteroatoms. The highest BCUT2D eigenvalue weighted by Gasteiger charge is 2.01. The van der Waals surface area contributed by atoms with E-state index in [9.17, 15) is 0 Å². The first-order valence-electron chi connectivity index (χ1n) is 3.52. The first-order chi connectivity index (χ1) is 5.24. The van der Waals surface area contributed by atoms with Gasteiger partial charge >= 0.3 is 0 Å². The predicted molar refractivity (Wildman–Crippen MR) is 49.4 cm³/mol. The Kier molecular flexibility index (Phi) is 3.02. The number of pyridine rings is 1. The average Bonchev–Trinajstić information content (AvgIpc) is 2.05. The van der Waals surface area contributed by atoms with Gasteiger partial charge in [0.15, 0.2) is 0 Å². The third kappa shape index (κ3) is 2.27. The van der Waals surface area contributed by atoms with Crippen molar-refractivity contribution in [3.63, 3.8) is 0 Å². The predicted octanol–water partition coefficient (Wildman–Crippen LogP) is 2.12. The first kappa shape index (κ1) is 8.68. The molecule has 0 fully saturated rings. The molecule has 1 atom stereocenters. The van der Waals surface area contributed by atoms with E-state index in [2.05, 4.69) is 33.2 Å². The number of hydrogen-bond donors (Lipinski definition) is 1. The van der Waals surface area contributed by atoms with Crippen LogP contribution >= 0.6 is 15.9 Å². The Hall–Kier alpha value is -0.410. The van der Waals surface area contributed by atoms with Crippen LogP contribution in [0.5, 0.6) is 0 Å². The molecule has 1 N–H and O–H groups in total. The van der Waals surface area contributed by atoms with Gasteiger partial charge in [-0.25, -0.2) is 0 Å². The summed E-state index contributed by atoms with van der Waals surface area (Å²) in [6, 6.07) is 4.32. The molecule has 0 saturated heterocycles. The first-order valence-corrected chi connectivity index (χ1v) is 4.32. The lowest BCUT2D eigenvalue weighted by atomic mass is 10.2. The molecule has 0 spiro atoms. The maximum absolute atomic E-state index is 4.24. The maximum Gasteiger partial charge on any atom is 0.0571 e. The summed E-state index contributed by atoms with van der Waals surface area (Å²) in [7, 11) is 1.92. The van der Waals surface area contributed by atoms with Gasteiger partial charge in [-0.3, -0.25) is 4.98 Å². The van der Waals surface area contributed by atoms with Crippen LogP contribution < -0.4 is 5.32 Å². The van der Waals surface area contributed by atoms with Crippen molar-refractivity contribution in [3.05, 3.63) is 28.5 Å². The molecule has 1 rings (SSSR count). The van der Waals surface area contributed by atoms with Gasteiger partial charge in [0.2, 0.25) is 0 Å². The van der Waals surface area contributed by atoms with Gasteiger partial charge in [0.25, 0.3) is 0 Å². The molecule has 0 unspecified atom stereocenters. The van der Waals surface area contributed by atoms with Gasteiger partial charge in [-0.1, -0.05) is 0 Å². The van der Waals surface area contributed by atoms with E-state index in [0.29, 0.717) is 6.04 Å². The van der Waals surface area contributed by atoms with Gasteiger partial charge in [0.1, 0.15) is 0 Å². The quantitative estimate of drug-likeness (QED) is 0.817. The summed E-state index contributed by atoms with van der Waals surface area (Å²) in [4.78, 5) is 4.24. The number of halogens is 1. The summed E-state index contributed by atoms with van der Waals surface area (Å²) in [6.45, 7) is 2.08. The van der Waals surface area contributed by atoms with E-state index < -0.39 is 0 Å². The molecule has 1 aromatic rings. The van der Waals surface area contributed by atoms with E-state index in [1.165, 1.54) is 0 Å². The Balaban J connectivity index is 2.81. The van der Waals surface area contributed by atoms with E-state index in [1.807, 2.05) is 25.4 Å². The molecule has 0 aliphatic heterocycles. The fourth-order valence-corrected chi connectivity index (χ4v) is 1.03. The van der Waals surface area contributed by atoms with Gasteiger partial charge < -0.3 is 5.32 Å². The molecule has 1 heterocycles. The van der Waals surface area contributed by atoms with Crippen molar-refractivity contribution in [2.24, 2.45) is 0 Å². The Bertz CT molecular complexity index is 220. The van der Waals surface area contributed by atoms with Crippen molar-refractivity contribution in [1.29, 1.82) is 0 Å². The van der Waals surface area contributed by atoms with E-state index in [4.69, 9.17) is 0 Å². The zero-order chi connectivity index (χ0) is 8.27. The lowest BCUT2D eigenvalue weighted by Gasteiger charge is -2.08. The van der Waals surface area contributed by atoms with Gasteiger partial charge in [-0.15, -0.1) is 0 Å². The van der Waals surface area contributed by atoms with Gasteiger partial charge in [0.05, 0.1) is 5.69 Å². The summed E-state index contributed by atoms with van der Waals surface area (Å²) in [5, 5.41) is 3.12. The van der Waals surface area contributed by atoms with Crippen LogP contribution in [0.2, 0.25) is 0 Å². The highest BCUT2D eigenvalue weighted by Crippen LogP contribution is 2.12. The van der Waals surface area contributed by atoms with Crippen LogP contribution in [0.4, 0.5) is 0 Å². The molecule has 1 aromatic heterocycles. The number of hydrogen-bond acceptors (Lipinski definition) is 2. The fourth-order valence-electron chi connectivity index (χ4n) is 0.791. The monoisotopic (exact) mass is 214 g/mol. The van der Waals surface area contributed by atoms with Gasteiger partial charge in [-0.2, -0.15) is 0 Å². The van der Waals surface area contributed by atoms with Crippen LogP contribution in [0.25, 0.3) is 0 Å². The Morgan fingerprint density at radius 3 is 2.73 bits per heavy atom. The zero-order valence-corrected chi connectivity index (χ0v) is 8.22. The topological polar surface area (TPSA) is 24.9 Å². The summed E-state index contributed by atoms with van der Waals surface area (Å²) in [5.74, 6) is 0. The third-order valence-corrected chi connectivity index (χ3v) is 2.10. The summed E-state index contributed by atoms with van der Waals surface area (Å²) >= 11 is 3.33. The molecule has 0 saturated carbocycles. The normalized spacial score (nSPS) is 13.0. The van der Waals surface area contributed by atoms with Crippen LogP contribution in [-0.4, -0.2) is 12.0 Å². The van der Waals surface area contributed by atoms with Crippen LogP contribution in [0.1, 0.15) is 18.7 Å². The summed E-state index contributed by atoms with van der Waals surface area (Å²) < 4.78 is 1.02. The summed E-state index contributed by atoms with van der Waals surface area (Å²) in [5.41, 5.74) is 1.07. The lowest BCUT2D eigenvalue weighted by molar-refractivity contribution is 0.632. The number of aromatic nitrogens is 1. The van der Waals surface area contributed by atoms with Gasteiger partial charge in [-0.05, 0) is 42.0 Å². The summed E-state index contributed by atoms with van der Waals surface area (Å²) in [6.07, 6.45) is 1.81. The van der Waals surface area contributed by atoms with Crippen molar-refractivity contribution in [1.82, 2.24) is 10.3 Å². The Morgan fingerprint density at radius 2 is 2.27 bits per heavy atom. The van der Waals surface area contributed by atoms with Crippen LogP contribution in [0.15, 0.2) is 22.8 Å². The molecule has 60 valence electrons. The molecule has 0 amide bonds. The lowest BCUT2D eigenvalue weighted by Crippen LogP contribution is -2.13. The molecule has 0 radical (unpaired) electrons. The number of rotatable bonds is 2. The molecule has 0 aliphatic carbocycles. The number of nitrogens with zero attached hydrogens (tertiary/aromatic N) is 1. The second-order valence-electron chi connectivity index (χ2n) is 2.41. The maximum atomic E-state index is 4.24. The molecule has 0 aromatic carbocycles. The Morgan fingerprint density at radius 1 is 1.55 bits per heavy atom. The zero-order valence-electron chi connectivity index (χ0n) is 6.63. The Labute approximate surface area is 75.2 Å². The third-order valence-electron chi connectivity index (χ3n) is 1.63. The largest absolute Gasteiger partial charge is 0.312 e. The van der Waals surface area contributed by atoms with E-state index in [-0.39, 0.29) is 0 Å². The molecule has 0 bridgehead atoms. The highest BCUT2D eigenvalue weighted by atomic mass is 79.9. The van der Waals surface area contributed by atoms with Gasteiger partial charge in [0, 0.05) is 16.7 Å². The molecular weight excluding hydrogens is 204 g/mol. The van der Waals surface area contributed by atoms with Crippen molar-refractivity contribution in [3.8, 4) is 0 Å².